The van der Waals surface area contributed by atoms with Gasteiger partial charge in [-0.2, -0.15) is 13.2 Å². The summed E-state index contributed by atoms with van der Waals surface area (Å²) < 4.78 is 37.6. The van der Waals surface area contributed by atoms with Crippen molar-refractivity contribution in [1.29, 1.82) is 0 Å². The highest BCUT2D eigenvalue weighted by Crippen LogP contribution is 2.30. The zero-order chi connectivity index (χ0) is 17.0. The summed E-state index contributed by atoms with van der Waals surface area (Å²) in [6.07, 6.45) is -2.62. The first-order valence-electron chi connectivity index (χ1n) is 7.06. The molecule has 7 heteroatoms. The molecule has 122 valence electrons. The van der Waals surface area contributed by atoms with E-state index in [1.807, 2.05) is 30.3 Å². The van der Waals surface area contributed by atoms with Gasteiger partial charge in [-0.15, -0.1) is 10.2 Å². The standard InChI is InChI=1S/C17H12F3N3S/c18-17(19,20)13-6-4-12(5-7-13)11-24-16-9-8-15(22-23-16)14-3-1-2-10-21-14/h1-10H,11H2. The zero-order valence-electron chi connectivity index (χ0n) is 12.4. The highest BCUT2D eigenvalue weighted by atomic mass is 32.2. The maximum atomic E-state index is 12.5. The van der Waals surface area contributed by atoms with Gasteiger partial charge in [0.05, 0.1) is 11.3 Å². The monoisotopic (exact) mass is 347 g/mol. The van der Waals surface area contributed by atoms with E-state index < -0.39 is 11.7 Å². The largest absolute Gasteiger partial charge is 0.416 e. The number of alkyl halides is 3. The number of benzene rings is 1. The third-order valence-corrected chi connectivity index (χ3v) is 4.23. The molecule has 2 aromatic heterocycles. The molecule has 0 spiro atoms. The van der Waals surface area contributed by atoms with Crippen molar-refractivity contribution in [2.24, 2.45) is 0 Å². The number of hydrogen-bond donors (Lipinski definition) is 0. The van der Waals surface area contributed by atoms with Crippen molar-refractivity contribution in [2.45, 2.75) is 17.0 Å². The molecule has 0 saturated heterocycles. The van der Waals surface area contributed by atoms with Crippen LogP contribution >= 0.6 is 11.8 Å². The van der Waals surface area contributed by atoms with E-state index in [-0.39, 0.29) is 0 Å². The van der Waals surface area contributed by atoms with Crippen LogP contribution in [0.5, 0.6) is 0 Å². The first kappa shape index (κ1) is 16.4. The Labute approximate surface area is 141 Å². The zero-order valence-corrected chi connectivity index (χ0v) is 13.2. The molecule has 0 unspecified atom stereocenters. The molecule has 24 heavy (non-hydrogen) atoms. The van der Waals surface area contributed by atoms with E-state index >= 15 is 0 Å². The van der Waals surface area contributed by atoms with Crippen LogP contribution in [-0.2, 0) is 11.9 Å². The van der Waals surface area contributed by atoms with Gasteiger partial charge in [0.1, 0.15) is 10.7 Å². The van der Waals surface area contributed by atoms with Gasteiger partial charge in [-0.25, -0.2) is 0 Å². The number of halogens is 3. The molecule has 0 N–H and O–H groups in total. The molecule has 3 aromatic rings. The third kappa shape index (κ3) is 4.11. The Hall–Kier alpha value is -2.41. The molecular weight excluding hydrogens is 335 g/mol. The van der Waals surface area contributed by atoms with Crippen LogP contribution in [0.3, 0.4) is 0 Å². The fourth-order valence-corrected chi connectivity index (χ4v) is 2.76. The highest BCUT2D eigenvalue weighted by Gasteiger charge is 2.29. The number of rotatable bonds is 4. The van der Waals surface area contributed by atoms with Crippen LogP contribution < -0.4 is 0 Å². The summed E-state index contributed by atoms with van der Waals surface area (Å²) in [6, 6.07) is 14.3. The number of hydrogen-bond acceptors (Lipinski definition) is 4. The first-order valence-corrected chi connectivity index (χ1v) is 8.05. The molecule has 0 amide bonds. The summed E-state index contributed by atoms with van der Waals surface area (Å²) >= 11 is 1.42. The van der Waals surface area contributed by atoms with Gasteiger partial charge in [-0.3, -0.25) is 4.98 Å². The Bertz CT molecular complexity index is 788. The molecule has 3 nitrogen and oxygen atoms in total. The van der Waals surface area contributed by atoms with E-state index in [9.17, 15) is 13.2 Å². The fraction of sp³-hybridized carbons (Fsp3) is 0.118. The van der Waals surface area contributed by atoms with Gasteiger partial charge in [-0.05, 0) is 42.0 Å². The van der Waals surface area contributed by atoms with Gasteiger partial charge >= 0.3 is 6.18 Å². The lowest BCUT2D eigenvalue weighted by molar-refractivity contribution is -0.137. The van der Waals surface area contributed by atoms with Crippen LogP contribution in [0.4, 0.5) is 13.2 Å². The van der Waals surface area contributed by atoms with Crippen molar-refractivity contribution in [1.82, 2.24) is 15.2 Å². The number of pyridine rings is 1. The summed E-state index contributed by atoms with van der Waals surface area (Å²) in [7, 11) is 0. The molecule has 0 aliphatic carbocycles. The molecular formula is C17H12F3N3S. The summed E-state index contributed by atoms with van der Waals surface area (Å²) in [6.45, 7) is 0. The van der Waals surface area contributed by atoms with Gasteiger partial charge < -0.3 is 0 Å². The Morgan fingerprint density at radius 2 is 1.62 bits per heavy atom. The average Bonchev–Trinajstić information content (AvgIpc) is 2.61. The van der Waals surface area contributed by atoms with Crippen molar-refractivity contribution < 1.29 is 13.2 Å². The lowest BCUT2D eigenvalue weighted by atomic mass is 10.1. The minimum Gasteiger partial charge on any atom is -0.255 e. The quantitative estimate of drug-likeness (QED) is 0.633. The normalized spacial score (nSPS) is 11.5. The van der Waals surface area contributed by atoms with Crippen LogP contribution in [0, 0.1) is 0 Å². The van der Waals surface area contributed by atoms with Crippen LogP contribution in [0.25, 0.3) is 11.4 Å². The molecule has 2 heterocycles. The maximum Gasteiger partial charge on any atom is 0.416 e. The predicted molar refractivity (Wildman–Crippen MR) is 86.3 cm³/mol. The van der Waals surface area contributed by atoms with E-state index in [0.29, 0.717) is 16.5 Å². The predicted octanol–water partition coefficient (Wildman–Crippen LogP) is 4.85. The van der Waals surface area contributed by atoms with Gasteiger partial charge in [0.15, 0.2) is 0 Å². The van der Waals surface area contributed by atoms with E-state index in [0.717, 1.165) is 23.4 Å². The van der Waals surface area contributed by atoms with Crippen molar-refractivity contribution in [3.05, 3.63) is 71.9 Å². The second-order valence-corrected chi connectivity index (χ2v) is 5.95. The second-order valence-electron chi connectivity index (χ2n) is 4.96. The molecule has 0 aliphatic rings. The third-order valence-electron chi connectivity index (χ3n) is 3.24. The molecule has 0 saturated carbocycles. The molecule has 3 rings (SSSR count). The second kappa shape index (κ2) is 7.00. The van der Waals surface area contributed by atoms with E-state index in [1.54, 1.807) is 6.20 Å². The van der Waals surface area contributed by atoms with Crippen LogP contribution in [-0.4, -0.2) is 15.2 Å². The van der Waals surface area contributed by atoms with E-state index in [4.69, 9.17) is 0 Å². The van der Waals surface area contributed by atoms with Gasteiger partial charge in [0, 0.05) is 11.9 Å². The van der Waals surface area contributed by atoms with Crippen LogP contribution in [0.2, 0.25) is 0 Å². The topological polar surface area (TPSA) is 38.7 Å². The van der Waals surface area contributed by atoms with Gasteiger partial charge in [-0.1, -0.05) is 30.0 Å². The van der Waals surface area contributed by atoms with Crippen LogP contribution in [0.15, 0.2) is 65.8 Å². The SMILES string of the molecule is FC(F)(F)c1ccc(CSc2ccc(-c3ccccn3)nn2)cc1. The summed E-state index contributed by atoms with van der Waals surface area (Å²) in [5.41, 5.74) is 1.57. The Morgan fingerprint density at radius 3 is 2.21 bits per heavy atom. The van der Waals surface area contributed by atoms with Crippen molar-refractivity contribution in [3.63, 3.8) is 0 Å². The Morgan fingerprint density at radius 1 is 0.833 bits per heavy atom. The molecule has 0 radical (unpaired) electrons. The smallest absolute Gasteiger partial charge is 0.255 e. The number of nitrogens with zero attached hydrogens (tertiary/aromatic N) is 3. The minimum atomic E-state index is -4.31. The van der Waals surface area contributed by atoms with Crippen LogP contribution in [0.1, 0.15) is 11.1 Å². The fourth-order valence-electron chi connectivity index (χ4n) is 2.00. The first-order chi connectivity index (χ1) is 11.5. The van der Waals surface area contributed by atoms with Gasteiger partial charge in [0.2, 0.25) is 0 Å². The van der Waals surface area contributed by atoms with Crippen molar-refractivity contribution in [2.75, 3.05) is 0 Å². The molecule has 0 fully saturated rings. The van der Waals surface area contributed by atoms with Gasteiger partial charge in [0.25, 0.3) is 0 Å². The van der Waals surface area contributed by atoms with Crippen molar-refractivity contribution in [3.8, 4) is 11.4 Å². The van der Waals surface area contributed by atoms with E-state index in [2.05, 4.69) is 15.2 Å². The minimum absolute atomic E-state index is 0.524. The number of thioether (sulfide) groups is 1. The lowest BCUT2D eigenvalue weighted by Gasteiger charge is -2.07. The highest BCUT2D eigenvalue weighted by molar-refractivity contribution is 7.98. The van der Waals surface area contributed by atoms with E-state index in [1.165, 1.54) is 23.9 Å². The summed E-state index contributed by atoms with van der Waals surface area (Å²) in [4.78, 5) is 4.20. The molecule has 1 aromatic carbocycles. The maximum absolute atomic E-state index is 12.5. The summed E-state index contributed by atoms with van der Waals surface area (Å²) in [5, 5.41) is 8.95. The summed E-state index contributed by atoms with van der Waals surface area (Å²) in [5.74, 6) is 0.524. The molecule has 0 aliphatic heterocycles. The Balaban J connectivity index is 1.63. The molecule has 0 atom stereocenters. The average molecular weight is 347 g/mol. The van der Waals surface area contributed by atoms with Crippen molar-refractivity contribution >= 4 is 11.8 Å². The Kier molecular flexibility index (Phi) is 4.80. The molecule has 0 bridgehead atoms. The lowest BCUT2D eigenvalue weighted by Crippen LogP contribution is -2.04. The number of aromatic nitrogens is 3.